The third kappa shape index (κ3) is 3.88. The van der Waals surface area contributed by atoms with E-state index in [1.165, 1.54) is 37.8 Å². The van der Waals surface area contributed by atoms with Gasteiger partial charge in [-0.3, -0.25) is 0 Å². The number of anilines is 1. The number of hydrogen-bond acceptors (Lipinski definition) is 5. The van der Waals surface area contributed by atoms with Crippen LogP contribution in [0, 0.1) is 0 Å². The Labute approximate surface area is 149 Å². The molecule has 3 atom stereocenters. The molecule has 25 heavy (non-hydrogen) atoms. The van der Waals surface area contributed by atoms with E-state index in [0.29, 0.717) is 24.0 Å². The molecule has 1 unspecified atom stereocenters. The quantitative estimate of drug-likeness (QED) is 0.895. The predicted molar refractivity (Wildman–Crippen MR) is 101 cm³/mol. The van der Waals surface area contributed by atoms with E-state index in [9.17, 15) is 0 Å². The first-order valence-electron chi connectivity index (χ1n) is 9.56. The van der Waals surface area contributed by atoms with Crippen LogP contribution in [-0.4, -0.2) is 36.2 Å². The summed E-state index contributed by atoms with van der Waals surface area (Å²) in [6.45, 7) is 2.18. The number of nitrogens with two attached hydrogens (primary N) is 1. The highest BCUT2D eigenvalue weighted by atomic mass is 16.3. The smallest absolute Gasteiger partial charge is 0.225 e. The van der Waals surface area contributed by atoms with Crippen LogP contribution >= 0.6 is 0 Å². The number of rotatable bonds is 4. The Morgan fingerprint density at radius 2 is 1.92 bits per heavy atom. The molecule has 3 N–H and O–H groups in total. The lowest BCUT2D eigenvalue weighted by Crippen LogP contribution is -2.55. The number of aromatic nitrogens is 1. The van der Waals surface area contributed by atoms with Crippen LogP contribution in [0.15, 0.2) is 41.1 Å². The molecule has 2 fully saturated rings. The van der Waals surface area contributed by atoms with Gasteiger partial charge in [-0.2, -0.15) is 0 Å². The molecule has 1 aromatic heterocycles. The number of nitrogens with one attached hydrogen (secondary N) is 1. The van der Waals surface area contributed by atoms with Gasteiger partial charge in [0.15, 0.2) is 0 Å². The lowest BCUT2D eigenvalue weighted by molar-refractivity contribution is 0.282. The third-order valence-corrected chi connectivity index (χ3v) is 5.60. The van der Waals surface area contributed by atoms with Gasteiger partial charge < -0.3 is 20.4 Å². The fourth-order valence-electron chi connectivity index (χ4n) is 4.20. The van der Waals surface area contributed by atoms with E-state index in [1.54, 1.807) is 12.5 Å². The second kappa shape index (κ2) is 7.58. The molecule has 1 aromatic carbocycles. The van der Waals surface area contributed by atoms with Gasteiger partial charge in [0.25, 0.3) is 0 Å². The molecular weight excluding hydrogens is 312 g/mol. The van der Waals surface area contributed by atoms with E-state index in [-0.39, 0.29) is 0 Å². The molecule has 0 bridgehead atoms. The monoisotopic (exact) mass is 340 g/mol. The van der Waals surface area contributed by atoms with Crippen molar-refractivity contribution in [2.45, 2.75) is 56.7 Å². The van der Waals surface area contributed by atoms with Crippen molar-refractivity contribution in [3.05, 3.63) is 36.7 Å². The Morgan fingerprint density at radius 1 is 1.08 bits per heavy atom. The summed E-state index contributed by atoms with van der Waals surface area (Å²) in [6, 6.07) is 9.89. The van der Waals surface area contributed by atoms with Crippen LogP contribution in [0.2, 0.25) is 0 Å². The average Bonchev–Trinajstić information content (AvgIpc) is 3.19. The molecule has 1 saturated carbocycles. The molecule has 1 saturated heterocycles. The minimum Gasteiger partial charge on any atom is -0.445 e. The summed E-state index contributed by atoms with van der Waals surface area (Å²) < 4.78 is 5.37. The van der Waals surface area contributed by atoms with Crippen LogP contribution in [0.4, 0.5) is 5.69 Å². The van der Waals surface area contributed by atoms with Crippen molar-refractivity contribution in [3.63, 3.8) is 0 Å². The predicted octanol–water partition coefficient (Wildman–Crippen LogP) is 3.17. The highest BCUT2D eigenvalue weighted by Gasteiger charge is 2.27. The minimum absolute atomic E-state index is 0.323. The zero-order valence-electron chi connectivity index (χ0n) is 14.7. The summed E-state index contributed by atoms with van der Waals surface area (Å²) >= 11 is 0. The van der Waals surface area contributed by atoms with E-state index in [4.69, 9.17) is 10.2 Å². The Bertz CT molecular complexity index is 655. The topological polar surface area (TPSA) is 67.3 Å². The fourth-order valence-corrected chi connectivity index (χ4v) is 4.20. The summed E-state index contributed by atoms with van der Waals surface area (Å²) in [7, 11) is 0. The summed E-state index contributed by atoms with van der Waals surface area (Å²) in [5.41, 5.74) is 8.61. The molecular formula is C20H28N4O. The molecule has 2 heterocycles. The zero-order valence-corrected chi connectivity index (χ0v) is 14.7. The largest absolute Gasteiger partial charge is 0.445 e. The lowest BCUT2D eigenvalue weighted by Gasteiger charge is -2.39. The molecule has 0 radical (unpaired) electrons. The van der Waals surface area contributed by atoms with Crippen molar-refractivity contribution in [2.75, 3.05) is 18.0 Å². The molecule has 2 aliphatic rings. The van der Waals surface area contributed by atoms with E-state index in [0.717, 1.165) is 25.1 Å². The van der Waals surface area contributed by atoms with Crippen molar-refractivity contribution in [2.24, 2.45) is 5.73 Å². The van der Waals surface area contributed by atoms with Gasteiger partial charge in [0, 0.05) is 42.5 Å². The van der Waals surface area contributed by atoms with Gasteiger partial charge in [-0.15, -0.1) is 0 Å². The van der Waals surface area contributed by atoms with Gasteiger partial charge in [-0.1, -0.05) is 12.8 Å². The number of benzene rings is 1. The molecule has 4 rings (SSSR count). The Balaban J connectivity index is 1.39. The third-order valence-electron chi connectivity index (χ3n) is 5.60. The molecule has 1 aliphatic heterocycles. The first-order chi connectivity index (χ1) is 12.3. The SMILES string of the molecule is N[C@@H]1CCCC[C@H]1NC1CCCN(c2ccc(-c3ncco3)cc2)C1. The van der Waals surface area contributed by atoms with Crippen molar-refractivity contribution >= 4 is 5.69 Å². The van der Waals surface area contributed by atoms with Crippen LogP contribution < -0.4 is 16.0 Å². The van der Waals surface area contributed by atoms with Crippen molar-refractivity contribution in [1.29, 1.82) is 0 Å². The molecule has 0 spiro atoms. The first kappa shape index (κ1) is 16.6. The standard InChI is InChI=1S/C20H28N4O/c21-18-5-1-2-6-19(18)23-16-4-3-12-24(14-16)17-9-7-15(8-10-17)20-22-11-13-25-20/h7-11,13,16,18-19,23H,1-6,12,14,21H2/t16?,18-,19-/m1/s1. The Morgan fingerprint density at radius 3 is 2.68 bits per heavy atom. The van der Waals surface area contributed by atoms with Crippen LogP contribution in [0.3, 0.4) is 0 Å². The van der Waals surface area contributed by atoms with Gasteiger partial charge in [0.1, 0.15) is 6.26 Å². The van der Waals surface area contributed by atoms with E-state index in [2.05, 4.69) is 39.5 Å². The maximum atomic E-state index is 6.31. The van der Waals surface area contributed by atoms with E-state index in [1.807, 2.05) is 0 Å². The maximum Gasteiger partial charge on any atom is 0.225 e. The van der Waals surface area contributed by atoms with Crippen LogP contribution in [0.25, 0.3) is 11.5 Å². The normalized spacial score (nSPS) is 27.4. The van der Waals surface area contributed by atoms with Gasteiger partial charge in [0.05, 0.1) is 6.20 Å². The van der Waals surface area contributed by atoms with Crippen LogP contribution in [0.5, 0.6) is 0 Å². The molecule has 1 aliphatic carbocycles. The van der Waals surface area contributed by atoms with Gasteiger partial charge in [-0.05, 0) is 49.9 Å². The highest BCUT2D eigenvalue weighted by Crippen LogP contribution is 2.25. The van der Waals surface area contributed by atoms with Gasteiger partial charge in [-0.25, -0.2) is 4.98 Å². The highest BCUT2D eigenvalue weighted by molar-refractivity contribution is 5.59. The number of oxazole rings is 1. The zero-order chi connectivity index (χ0) is 17.1. The average molecular weight is 340 g/mol. The second-order valence-electron chi connectivity index (χ2n) is 7.39. The summed E-state index contributed by atoms with van der Waals surface area (Å²) in [4.78, 5) is 6.69. The Kier molecular flexibility index (Phi) is 5.04. The van der Waals surface area contributed by atoms with Crippen LogP contribution in [0.1, 0.15) is 38.5 Å². The molecule has 134 valence electrons. The number of hydrogen-bond donors (Lipinski definition) is 2. The molecule has 5 heteroatoms. The van der Waals surface area contributed by atoms with E-state index >= 15 is 0 Å². The van der Waals surface area contributed by atoms with Crippen molar-refractivity contribution in [1.82, 2.24) is 10.3 Å². The summed E-state index contributed by atoms with van der Waals surface area (Å²) in [6.07, 6.45) is 10.7. The lowest BCUT2D eigenvalue weighted by atomic mass is 9.89. The van der Waals surface area contributed by atoms with Crippen LogP contribution in [-0.2, 0) is 0 Å². The molecule has 0 amide bonds. The fraction of sp³-hybridized carbons (Fsp3) is 0.550. The second-order valence-corrected chi connectivity index (χ2v) is 7.39. The van der Waals surface area contributed by atoms with Gasteiger partial charge >= 0.3 is 0 Å². The molecule has 2 aromatic rings. The summed E-state index contributed by atoms with van der Waals surface area (Å²) in [5, 5.41) is 3.85. The minimum atomic E-state index is 0.323. The maximum absolute atomic E-state index is 6.31. The van der Waals surface area contributed by atoms with E-state index < -0.39 is 0 Å². The summed E-state index contributed by atoms with van der Waals surface area (Å²) in [5.74, 6) is 0.677. The number of piperidine rings is 1. The number of nitrogens with zero attached hydrogens (tertiary/aromatic N) is 2. The van der Waals surface area contributed by atoms with Gasteiger partial charge in [0.2, 0.25) is 5.89 Å². The first-order valence-corrected chi connectivity index (χ1v) is 9.56. The van der Waals surface area contributed by atoms with Crippen molar-refractivity contribution in [3.8, 4) is 11.5 Å². The Hall–Kier alpha value is -1.85. The van der Waals surface area contributed by atoms with Crippen molar-refractivity contribution < 1.29 is 4.42 Å². The molecule has 5 nitrogen and oxygen atoms in total.